The molecule has 0 radical (unpaired) electrons. The van der Waals surface area contributed by atoms with Gasteiger partial charge in [-0.2, -0.15) is 0 Å². The molecule has 28 heavy (non-hydrogen) atoms. The zero-order valence-electron chi connectivity index (χ0n) is 15.8. The van der Waals surface area contributed by atoms with Gasteiger partial charge in [0.25, 0.3) is 5.91 Å². The molecule has 0 aliphatic heterocycles. The van der Waals surface area contributed by atoms with E-state index < -0.39 is 9.84 Å². The minimum absolute atomic E-state index is 0.0202. The van der Waals surface area contributed by atoms with Crippen molar-refractivity contribution in [1.29, 1.82) is 0 Å². The highest BCUT2D eigenvalue weighted by Crippen LogP contribution is 2.31. The van der Waals surface area contributed by atoms with Crippen LogP contribution in [0.3, 0.4) is 0 Å². The summed E-state index contributed by atoms with van der Waals surface area (Å²) < 4.78 is 35.0. The molecule has 0 aliphatic carbocycles. The average Bonchev–Trinajstić information content (AvgIpc) is 3.02. The lowest BCUT2D eigenvalue weighted by atomic mass is 10.2. The molecule has 3 aromatic rings. The molecule has 1 amide bonds. The number of ether oxygens (including phenoxy) is 2. The number of hydrogen-bond donors (Lipinski definition) is 1. The zero-order chi connectivity index (χ0) is 20.5. The van der Waals surface area contributed by atoms with E-state index in [-0.39, 0.29) is 16.9 Å². The number of anilines is 1. The van der Waals surface area contributed by atoms with E-state index in [1.807, 2.05) is 13.8 Å². The van der Waals surface area contributed by atoms with E-state index in [1.54, 1.807) is 30.3 Å². The molecule has 7 nitrogen and oxygen atoms in total. The summed E-state index contributed by atoms with van der Waals surface area (Å²) in [5.74, 6) is 0.669. The van der Waals surface area contributed by atoms with E-state index in [0.717, 1.165) is 6.26 Å². The first-order valence-electron chi connectivity index (χ1n) is 8.44. The summed E-state index contributed by atoms with van der Waals surface area (Å²) in [6.07, 6.45) is 1.13. The summed E-state index contributed by atoms with van der Waals surface area (Å²) in [7, 11) is -1.79. The molecule has 0 bridgehead atoms. The quantitative estimate of drug-likeness (QED) is 0.653. The summed E-state index contributed by atoms with van der Waals surface area (Å²) in [5.41, 5.74) is 1.01. The standard InChI is InChI=1S/C19H20N2O5S2/c1-11(2)26-15-8-5-12(9-16(15)25-3)18(22)21-19-20-14-7-6-13(28(4,23)24)10-17(14)27-19/h5-11H,1-4H3,(H,20,21,22). The molecule has 0 spiro atoms. The molecule has 0 atom stereocenters. The molecule has 1 aromatic heterocycles. The highest BCUT2D eigenvalue weighted by Gasteiger charge is 2.15. The number of rotatable bonds is 6. The maximum absolute atomic E-state index is 12.6. The van der Waals surface area contributed by atoms with Crippen LogP contribution in [0.2, 0.25) is 0 Å². The lowest BCUT2D eigenvalue weighted by Gasteiger charge is -2.14. The lowest BCUT2D eigenvalue weighted by Crippen LogP contribution is -2.12. The molecule has 0 saturated heterocycles. The van der Waals surface area contributed by atoms with Gasteiger partial charge in [-0.1, -0.05) is 11.3 Å². The molecular formula is C19H20N2O5S2. The van der Waals surface area contributed by atoms with Gasteiger partial charge in [-0.25, -0.2) is 13.4 Å². The van der Waals surface area contributed by atoms with Crippen molar-refractivity contribution in [2.45, 2.75) is 24.8 Å². The Labute approximate surface area is 167 Å². The molecular weight excluding hydrogens is 400 g/mol. The Morgan fingerprint density at radius 2 is 1.89 bits per heavy atom. The fourth-order valence-corrected chi connectivity index (χ4v) is 4.14. The van der Waals surface area contributed by atoms with Crippen LogP contribution in [0.1, 0.15) is 24.2 Å². The van der Waals surface area contributed by atoms with E-state index in [1.165, 1.54) is 24.5 Å². The Morgan fingerprint density at radius 1 is 1.14 bits per heavy atom. The number of aromatic nitrogens is 1. The monoisotopic (exact) mass is 420 g/mol. The predicted molar refractivity (Wildman–Crippen MR) is 109 cm³/mol. The van der Waals surface area contributed by atoms with Crippen LogP contribution in [-0.2, 0) is 9.84 Å². The van der Waals surface area contributed by atoms with Gasteiger partial charge in [0.05, 0.1) is 28.3 Å². The Balaban J connectivity index is 1.84. The minimum Gasteiger partial charge on any atom is -0.493 e. The van der Waals surface area contributed by atoms with E-state index in [2.05, 4.69) is 10.3 Å². The SMILES string of the molecule is COc1cc(C(=O)Nc2nc3ccc(S(C)(=O)=O)cc3s2)ccc1OC(C)C. The number of methoxy groups -OCH3 is 1. The molecule has 0 saturated carbocycles. The van der Waals surface area contributed by atoms with Crippen LogP contribution in [0.15, 0.2) is 41.3 Å². The largest absolute Gasteiger partial charge is 0.493 e. The van der Waals surface area contributed by atoms with Crippen molar-refractivity contribution >= 4 is 42.4 Å². The summed E-state index contributed by atoms with van der Waals surface area (Å²) >= 11 is 1.21. The number of hydrogen-bond acceptors (Lipinski definition) is 7. The fourth-order valence-electron chi connectivity index (χ4n) is 2.52. The normalized spacial score (nSPS) is 11.6. The van der Waals surface area contributed by atoms with Gasteiger partial charge in [0.15, 0.2) is 26.5 Å². The molecule has 148 valence electrons. The Morgan fingerprint density at radius 3 is 2.54 bits per heavy atom. The smallest absolute Gasteiger partial charge is 0.257 e. The van der Waals surface area contributed by atoms with Crippen molar-refractivity contribution in [3.05, 3.63) is 42.0 Å². The van der Waals surface area contributed by atoms with Crippen LogP contribution in [0.4, 0.5) is 5.13 Å². The Kier molecular flexibility index (Phi) is 5.57. The number of carbonyl (C=O) groups is 1. The van der Waals surface area contributed by atoms with Gasteiger partial charge in [-0.15, -0.1) is 0 Å². The summed E-state index contributed by atoms with van der Waals surface area (Å²) in [6.45, 7) is 3.81. The van der Waals surface area contributed by atoms with Crippen molar-refractivity contribution in [3.63, 3.8) is 0 Å². The van der Waals surface area contributed by atoms with Gasteiger partial charge in [-0.05, 0) is 50.2 Å². The van der Waals surface area contributed by atoms with Crippen LogP contribution in [0.25, 0.3) is 10.2 Å². The molecule has 9 heteroatoms. The first-order chi connectivity index (χ1) is 13.2. The number of thiazole rings is 1. The minimum atomic E-state index is -3.31. The van der Waals surface area contributed by atoms with E-state index in [0.29, 0.717) is 32.4 Å². The first kappa shape index (κ1) is 20.1. The molecule has 0 fully saturated rings. The van der Waals surface area contributed by atoms with Crippen LogP contribution >= 0.6 is 11.3 Å². The van der Waals surface area contributed by atoms with Crippen LogP contribution in [-0.4, -0.2) is 38.8 Å². The van der Waals surface area contributed by atoms with Crippen molar-refractivity contribution in [2.75, 3.05) is 18.7 Å². The third kappa shape index (κ3) is 4.42. The number of nitrogens with zero attached hydrogens (tertiary/aromatic N) is 1. The third-order valence-electron chi connectivity index (χ3n) is 3.80. The van der Waals surface area contributed by atoms with Gasteiger partial charge < -0.3 is 9.47 Å². The van der Waals surface area contributed by atoms with Crippen LogP contribution in [0, 0.1) is 0 Å². The number of amides is 1. The van der Waals surface area contributed by atoms with E-state index >= 15 is 0 Å². The number of nitrogens with one attached hydrogen (secondary N) is 1. The van der Waals surface area contributed by atoms with Crippen molar-refractivity contribution in [2.24, 2.45) is 0 Å². The molecule has 2 aromatic carbocycles. The van der Waals surface area contributed by atoms with E-state index in [9.17, 15) is 13.2 Å². The van der Waals surface area contributed by atoms with Gasteiger partial charge in [0.2, 0.25) is 0 Å². The van der Waals surface area contributed by atoms with Crippen LogP contribution in [0.5, 0.6) is 11.5 Å². The maximum Gasteiger partial charge on any atom is 0.257 e. The van der Waals surface area contributed by atoms with Crippen molar-refractivity contribution in [1.82, 2.24) is 4.98 Å². The molecule has 1 heterocycles. The topological polar surface area (TPSA) is 94.6 Å². The number of benzene rings is 2. The van der Waals surface area contributed by atoms with Crippen molar-refractivity contribution in [3.8, 4) is 11.5 Å². The Hall–Kier alpha value is -2.65. The van der Waals surface area contributed by atoms with Gasteiger partial charge in [-0.3, -0.25) is 10.1 Å². The second-order valence-corrected chi connectivity index (χ2v) is 9.45. The highest BCUT2D eigenvalue weighted by molar-refractivity contribution is 7.90. The maximum atomic E-state index is 12.6. The van der Waals surface area contributed by atoms with Gasteiger partial charge in [0.1, 0.15) is 0 Å². The molecule has 0 unspecified atom stereocenters. The van der Waals surface area contributed by atoms with E-state index in [4.69, 9.17) is 9.47 Å². The van der Waals surface area contributed by atoms with Crippen molar-refractivity contribution < 1.29 is 22.7 Å². The Bertz CT molecular complexity index is 1140. The second-order valence-electron chi connectivity index (χ2n) is 6.41. The summed E-state index contributed by atoms with van der Waals surface area (Å²) in [6, 6.07) is 9.61. The number of sulfone groups is 1. The first-order valence-corrected chi connectivity index (χ1v) is 11.1. The number of fused-ring (bicyclic) bond motifs is 1. The number of carbonyl (C=O) groups excluding carboxylic acids is 1. The third-order valence-corrected chi connectivity index (χ3v) is 5.84. The zero-order valence-corrected chi connectivity index (χ0v) is 17.5. The lowest BCUT2D eigenvalue weighted by molar-refractivity contribution is 0.102. The molecule has 0 aliphatic rings. The molecule has 1 N–H and O–H groups in total. The van der Waals surface area contributed by atoms with Gasteiger partial charge in [0, 0.05) is 11.8 Å². The van der Waals surface area contributed by atoms with Gasteiger partial charge >= 0.3 is 0 Å². The average molecular weight is 421 g/mol. The fraction of sp³-hybridized carbons (Fsp3) is 0.263. The molecule has 3 rings (SSSR count). The predicted octanol–water partition coefficient (Wildman–Crippen LogP) is 3.75. The van der Waals surface area contributed by atoms with Crippen LogP contribution < -0.4 is 14.8 Å². The summed E-state index contributed by atoms with van der Waals surface area (Å²) in [4.78, 5) is 17.1. The highest BCUT2D eigenvalue weighted by atomic mass is 32.2. The summed E-state index contributed by atoms with van der Waals surface area (Å²) in [5, 5.41) is 3.12. The second kappa shape index (κ2) is 7.76.